The van der Waals surface area contributed by atoms with Gasteiger partial charge in [0, 0.05) is 17.8 Å². The largest absolute Gasteiger partial charge is 0.350 e. The molecule has 5 rings (SSSR count). The van der Waals surface area contributed by atoms with Crippen LogP contribution in [0.2, 0.25) is 0 Å². The van der Waals surface area contributed by atoms with Crippen LogP contribution in [0.5, 0.6) is 0 Å². The van der Waals surface area contributed by atoms with Crippen LogP contribution in [-0.2, 0) is 0 Å². The maximum Gasteiger partial charge on any atom is 0.229 e. The molecular formula is C21H26FN9. The smallest absolute Gasteiger partial charge is 0.229 e. The quantitative estimate of drug-likeness (QED) is 0.622. The molecule has 10 heteroatoms. The molecule has 31 heavy (non-hydrogen) atoms. The lowest BCUT2D eigenvalue weighted by Gasteiger charge is -2.49. The first kappa shape index (κ1) is 19.8. The highest BCUT2D eigenvalue weighted by Crippen LogP contribution is 2.41. The Hall–Kier alpha value is -3.14. The van der Waals surface area contributed by atoms with E-state index in [1.165, 1.54) is 31.8 Å². The molecule has 1 aliphatic carbocycles. The van der Waals surface area contributed by atoms with Crippen LogP contribution in [0.15, 0.2) is 36.8 Å². The fourth-order valence-electron chi connectivity index (χ4n) is 4.64. The first-order valence-electron chi connectivity index (χ1n) is 10.7. The molecule has 1 aromatic carbocycles. The Balaban J connectivity index is 1.38. The monoisotopic (exact) mass is 423 g/mol. The van der Waals surface area contributed by atoms with Crippen molar-refractivity contribution in [3.8, 4) is 5.69 Å². The number of anilines is 3. The molecule has 1 aliphatic heterocycles. The topological polar surface area (TPSA) is 96.7 Å². The van der Waals surface area contributed by atoms with Crippen LogP contribution in [0.1, 0.15) is 46.0 Å². The third kappa shape index (κ3) is 4.07. The van der Waals surface area contributed by atoms with E-state index in [4.69, 9.17) is 0 Å². The Morgan fingerprint density at radius 3 is 2.87 bits per heavy atom. The van der Waals surface area contributed by atoms with E-state index in [-0.39, 0.29) is 11.5 Å². The van der Waals surface area contributed by atoms with Crippen molar-refractivity contribution in [1.29, 1.82) is 0 Å². The number of nitrogens with zero attached hydrogens (tertiary/aromatic N) is 7. The van der Waals surface area contributed by atoms with Crippen LogP contribution in [0.3, 0.4) is 0 Å². The normalized spacial score (nSPS) is 24.2. The van der Waals surface area contributed by atoms with Crippen LogP contribution in [-0.4, -0.2) is 52.8 Å². The summed E-state index contributed by atoms with van der Waals surface area (Å²) in [5.74, 6) is 0.0859. The van der Waals surface area contributed by atoms with Gasteiger partial charge in [-0.05, 0) is 74.6 Å². The number of rotatable bonds is 6. The van der Waals surface area contributed by atoms with Crippen molar-refractivity contribution in [2.75, 3.05) is 10.6 Å². The highest BCUT2D eigenvalue weighted by Gasteiger charge is 2.46. The molecule has 2 atom stereocenters. The fourth-order valence-corrected chi connectivity index (χ4v) is 4.64. The summed E-state index contributed by atoms with van der Waals surface area (Å²) in [6.45, 7) is 4.42. The predicted molar refractivity (Wildman–Crippen MR) is 115 cm³/mol. The Bertz CT molecular complexity index is 1050. The van der Waals surface area contributed by atoms with Crippen molar-refractivity contribution < 1.29 is 4.39 Å². The molecule has 1 saturated carbocycles. The number of tetrazole rings is 1. The summed E-state index contributed by atoms with van der Waals surface area (Å²) >= 11 is 0. The van der Waals surface area contributed by atoms with E-state index in [2.05, 4.69) is 54.9 Å². The van der Waals surface area contributed by atoms with E-state index >= 15 is 0 Å². The van der Waals surface area contributed by atoms with Crippen molar-refractivity contribution in [2.45, 2.75) is 63.7 Å². The molecule has 0 radical (unpaired) electrons. The van der Waals surface area contributed by atoms with E-state index in [0.29, 0.717) is 18.0 Å². The van der Waals surface area contributed by atoms with E-state index < -0.39 is 5.82 Å². The number of likely N-dealkylation sites (tertiary alicyclic amines) is 1. The van der Waals surface area contributed by atoms with Crippen molar-refractivity contribution in [3.63, 3.8) is 0 Å². The highest BCUT2D eigenvalue weighted by atomic mass is 19.1. The van der Waals surface area contributed by atoms with Gasteiger partial charge in [0.15, 0.2) is 11.6 Å². The minimum atomic E-state index is -0.455. The van der Waals surface area contributed by atoms with Crippen molar-refractivity contribution in [3.05, 3.63) is 42.6 Å². The first-order chi connectivity index (χ1) is 15.0. The average Bonchev–Trinajstić information content (AvgIpc) is 3.41. The van der Waals surface area contributed by atoms with Gasteiger partial charge in [-0.1, -0.05) is 6.07 Å². The molecule has 2 fully saturated rings. The molecule has 3 heterocycles. The van der Waals surface area contributed by atoms with Gasteiger partial charge in [0.2, 0.25) is 5.95 Å². The van der Waals surface area contributed by atoms with Gasteiger partial charge < -0.3 is 10.6 Å². The number of halogens is 1. The standard InChI is InChI=1S/C21H26FN9/c1-14-5-4-10-21(2,31(14)16-8-9-16)27-19-18(22)12-23-20(26-19)25-15-6-3-7-17(11-15)30-13-24-28-29-30/h3,6-7,11-14,16H,4-5,8-10H2,1-2H3,(H2,23,25,26,27). The zero-order valence-corrected chi connectivity index (χ0v) is 17.7. The number of nitrogens with one attached hydrogen (secondary N) is 2. The Morgan fingerprint density at radius 1 is 1.23 bits per heavy atom. The number of aromatic nitrogens is 6. The molecule has 162 valence electrons. The zero-order valence-electron chi connectivity index (χ0n) is 17.7. The van der Waals surface area contributed by atoms with Crippen LogP contribution < -0.4 is 10.6 Å². The molecule has 0 amide bonds. The molecule has 1 saturated heterocycles. The lowest BCUT2D eigenvalue weighted by atomic mass is 9.91. The molecule has 3 aromatic rings. The van der Waals surface area contributed by atoms with Crippen molar-refractivity contribution in [1.82, 2.24) is 35.1 Å². The number of hydrogen-bond acceptors (Lipinski definition) is 8. The summed E-state index contributed by atoms with van der Waals surface area (Å²) in [6.07, 6.45) is 8.37. The van der Waals surface area contributed by atoms with E-state index in [1.54, 1.807) is 4.68 Å². The number of hydrogen-bond donors (Lipinski definition) is 2. The minimum absolute atomic E-state index is 0.219. The van der Waals surface area contributed by atoms with E-state index in [1.807, 2.05) is 24.3 Å². The molecule has 2 aliphatic rings. The number of benzene rings is 1. The van der Waals surface area contributed by atoms with Crippen molar-refractivity contribution >= 4 is 17.5 Å². The summed E-state index contributed by atoms with van der Waals surface area (Å²) in [5.41, 5.74) is 1.22. The maximum atomic E-state index is 14.7. The molecule has 9 nitrogen and oxygen atoms in total. The third-order valence-electron chi connectivity index (χ3n) is 6.12. The zero-order chi connectivity index (χ0) is 21.4. The van der Waals surface area contributed by atoms with Crippen LogP contribution in [0, 0.1) is 5.82 Å². The minimum Gasteiger partial charge on any atom is -0.350 e. The third-order valence-corrected chi connectivity index (χ3v) is 6.12. The van der Waals surface area contributed by atoms with Crippen LogP contribution in [0.25, 0.3) is 5.69 Å². The summed E-state index contributed by atoms with van der Waals surface area (Å²) < 4.78 is 16.2. The molecule has 0 bridgehead atoms. The molecule has 0 spiro atoms. The van der Waals surface area contributed by atoms with Gasteiger partial charge in [-0.25, -0.2) is 14.1 Å². The summed E-state index contributed by atoms with van der Waals surface area (Å²) in [6, 6.07) is 8.55. The molecule has 2 aromatic heterocycles. The number of piperidine rings is 1. The summed E-state index contributed by atoms with van der Waals surface area (Å²) in [4.78, 5) is 11.1. The second kappa shape index (κ2) is 7.84. The van der Waals surface area contributed by atoms with Gasteiger partial charge in [0.05, 0.1) is 17.5 Å². The lowest BCUT2D eigenvalue weighted by molar-refractivity contribution is 0.0296. The van der Waals surface area contributed by atoms with Gasteiger partial charge in [-0.2, -0.15) is 4.98 Å². The predicted octanol–water partition coefficient (Wildman–Crippen LogP) is 3.50. The Kier molecular flexibility index (Phi) is 5.01. The Morgan fingerprint density at radius 2 is 2.10 bits per heavy atom. The lowest BCUT2D eigenvalue weighted by Crippen LogP contribution is -2.59. The van der Waals surface area contributed by atoms with E-state index in [0.717, 1.165) is 24.2 Å². The molecule has 2 N–H and O–H groups in total. The van der Waals surface area contributed by atoms with E-state index in [9.17, 15) is 4.39 Å². The fraction of sp³-hybridized carbons (Fsp3) is 0.476. The van der Waals surface area contributed by atoms with Crippen LogP contribution >= 0.6 is 0 Å². The summed E-state index contributed by atoms with van der Waals surface area (Å²) in [5, 5.41) is 17.8. The van der Waals surface area contributed by atoms with Crippen LogP contribution in [0.4, 0.5) is 21.8 Å². The Labute approximate surface area is 180 Å². The second-order valence-corrected chi connectivity index (χ2v) is 8.60. The molecule has 2 unspecified atom stereocenters. The average molecular weight is 424 g/mol. The SMILES string of the molecule is CC1CCCC(C)(Nc2nc(Nc3cccc(-n4cnnn4)c3)ncc2F)N1C1CC1. The second-order valence-electron chi connectivity index (χ2n) is 8.60. The van der Waals surface area contributed by atoms with Gasteiger partial charge in [-0.15, -0.1) is 5.10 Å². The summed E-state index contributed by atoms with van der Waals surface area (Å²) in [7, 11) is 0. The van der Waals surface area contributed by atoms with Gasteiger partial charge in [0.1, 0.15) is 6.33 Å². The van der Waals surface area contributed by atoms with Gasteiger partial charge >= 0.3 is 0 Å². The van der Waals surface area contributed by atoms with Gasteiger partial charge in [0.25, 0.3) is 0 Å². The van der Waals surface area contributed by atoms with Gasteiger partial charge in [-0.3, -0.25) is 4.90 Å². The maximum absolute atomic E-state index is 14.7. The highest BCUT2D eigenvalue weighted by molar-refractivity contribution is 5.58. The van der Waals surface area contributed by atoms with Crippen molar-refractivity contribution in [2.24, 2.45) is 0 Å². The molecular weight excluding hydrogens is 397 g/mol. The first-order valence-corrected chi connectivity index (χ1v) is 10.7.